The number of hydrazine groups is 1. The fourth-order valence-corrected chi connectivity index (χ4v) is 6.85. The second-order valence-electron chi connectivity index (χ2n) is 10.4. The minimum atomic E-state index is -0.695. The zero-order valence-electron chi connectivity index (χ0n) is 19.8. The number of rotatable bonds is 5. The third-order valence-electron chi connectivity index (χ3n) is 8.40. The minimum Gasteiger partial charge on any atom is -0.292 e. The van der Waals surface area contributed by atoms with Gasteiger partial charge in [-0.3, -0.25) is 19.2 Å². The molecule has 4 aliphatic carbocycles. The van der Waals surface area contributed by atoms with E-state index in [2.05, 4.69) is 12.2 Å². The SMILES string of the molecule is Cc1ccc(C(=O)CN(C(=O)c2ccc(Cl)cc2Cl)N2C(=O)[C@@H]3[C@H]4C=C[C@@H]([C@@H]5C[C@@H]45)[C@@H]3C2=O)cc1C. The number of amides is 3. The van der Waals surface area contributed by atoms with E-state index in [1.165, 1.54) is 18.2 Å². The van der Waals surface area contributed by atoms with Gasteiger partial charge in [0.15, 0.2) is 5.78 Å². The van der Waals surface area contributed by atoms with E-state index in [1.807, 2.05) is 19.9 Å². The van der Waals surface area contributed by atoms with Crippen LogP contribution in [0.1, 0.15) is 38.3 Å². The Morgan fingerprint density at radius 2 is 1.56 bits per heavy atom. The summed E-state index contributed by atoms with van der Waals surface area (Å²) in [7, 11) is 0. The molecule has 1 aliphatic heterocycles. The van der Waals surface area contributed by atoms with E-state index in [9.17, 15) is 19.2 Å². The van der Waals surface area contributed by atoms with Gasteiger partial charge < -0.3 is 0 Å². The molecule has 0 N–H and O–H groups in total. The quantitative estimate of drug-likeness (QED) is 0.318. The number of carbonyl (C=O) groups excluding carboxylic acids is 4. The lowest BCUT2D eigenvalue weighted by Gasteiger charge is -2.37. The van der Waals surface area contributed by atoms with Gasteiger partial charge in [0.2, 0.25) is 0 Å². The van der Waals surface area contributed by atoms with Crippen molar-refractivity contribution in [2.45, 2.75) is 20.3 Å². The highest BCUT2D eigenvalue weighted by atomic mass is 35.5. The number of ketones is 1. The maximum atomic E-state index is 13.8. The zero-order valence-corrected chi connectivity index (χ0v) is 21.3. The summed E-state index contributed by atoms with van der Waals surface area (Å²) >= 11 is 12.3. The van der Waals surface area contributed by atoms with Crippen molar-refractivity contribution in [1.82, 2.24) is 10.0 Å². The molecule has 6 atom stereocenters. The number of hydrogen-bond donors (Lipinski definition) is 0. The Hall–Kier alpha value is -2.96. The number of aryl methyl sites for hydroxylation is 2. The van der Waals surface area contributed by atoms with Crippen LogP contribution in [-0.4, -0.2) is 40.1 Å². The molecule has 5 aliphatic rings. The van der Waals surface area contributed by atoms with Crippen LogP contribution in [0.2, 0.25) is 10.0 Å². The Kier molecular flexibility index (Phi) is 5.39. The average molecular weight is 523 g/mol. The van der Waals surface area contributed by atoms with Gasteiger partial charge in [0.05, 0.1) is 22.4 Å². The number of Topliss-reactive ketones (excluding diaryl/α,β-unsaturated/α-hetero) is 1. The first-order valence-corrected chi connectivity index (χ1v) is 12.9. The minimum absolute atomic E-state index is 0.00188. The van der Waals surface area contributed by atoms with Crippen LogP contribution in [0.25, 0.3) is 0 Å². The lowest BCUT2D eigenvalue weighted by molar-refractivity contribution is -0.154. The van der Waals surface area contributed by atoms with Crippen molar-refractivity contribution in [3.63, 3.8) is 0 Å². The number of allylic oxidation sites excluding steroid dienone is 2. The Morgan fingerprint density at radius 3 is 2.14 bits per heavy atom. The zero-order chi connectivity index (χ0) is 25.5. The molecule has 8 heteroatoms. The van der Waals surface area contributed by atoms with Gasteiger partial charge in [0, 0.05) is 10.6 Å². The summed E-state index contributed by atoms with van der Waals surface area (Å²) in [5.41, 5.74) is 2.43. The van der Waals surface area contributed by atoms with Gasteiger partial charge in [-0.05, 0) is 79.3 Å². The number of hydrogen-bond acceptors (Lipinski definition) is 4. The van der Waals surface area contributed by atoms with Crippen LogP contribution >= 0.6 is 23.2 Å². The summed E-state index contributed by atoms with van der Waals surface area (Å²) in [4.78, 5) is 54.7. The second kappa shape index (κ2) is 8.29. The maximum absolute atomic E-state index is 13.8. The highest BCUT2D eigenvalue weighted by Crippen LogP contribution is 2.65. The molecular weight excluding hydrogens is 499 g/mol. The number of imide groups is 1. The van der Waals surface area contributed by atoms with Crippen molar-refractivity contribution in [1.29, 1.82) is 0 Å². The Labute approximate surface area is 218 Å². The van der Waals surface area contributed by atoms with E-state index >= 15 is 0 Å². The van der Waals surface area contributed by atoms with E-state index in [4.69, 9.17) is 23.2 Å². The van der Waals surface area contributed by atoms with Crippen LogP contribution in [0, 0.1) is 49.4 Å². The molecule has 184 valence electrons. The Bertz CT molecular complexity index is 1350. The average Bonchev–Trinajstić information content (AvgIpc) is 3.62. The molecule has 3 fully saturated rings. The van der Waals surface area contributed by atoms with E-state index < -0.39 is 36.1 Å². The molecule has 2 aromatic rings. The van der Waals surface area contributed by atoms with Crippen molar-refractivity contribution in [2.75, 3.05) is 6.54 Å². The van der Waals surface area contributed by atoms with Crippen molar-refractivity contribution in [3.8, 4) is 0 Å². The second-order valence-corrected chi connectivity index (χ2v) is 11.2. The first-order valence-electron chi connectivity index (χ1n) is 12.1. The Morgan fingerprint density at radius 1 is 0.917 bits per heavy atom. The molecule has 1 heterocycles. The number of nitrogens with zero attached hydrogens (tertiary/aromatic N) is 2. The lowest BCUT2D eigenvalue weighted by Crippen LogP contribution is -2.52. The molecule has 2 aromatic carbocycles. The standard InChI is InChI=1S/C28H24Cl2N2O4/c1-13-3-4-15(9-14(13)2)23(33)12-31(26(34)19-6-5-16(29)10-22(19)30)32-27(35)24-17-7-8-18(21-11-20(17)21)25(24)28(32)36/h3-10,17-18,20-21,24-25H,11-12H2,1-2H3/t17-,18-,20-,21-,24-,25+/m0/s1. The van der Waals surface area contributed by atoms with Crippen molar-refractivity contribution >= 4 is 46.7 Å². The third kappa shape index (κ3) is 3.46. The fraction of sp³-hybridized carbons (Fsp3) is 0.357. The first-order chi connectivity index (χ1) is 17.2. The van der Waals surface area contributed by atoms with Crippen LogP contribution in [0.15, 0.2) is 48.6 Å². The topological polar surface area (TPSA) is 74.8 Å². The number of carbonyl (C=O) groups is 4. The number of halogens is 2. The van der Waals surface area contributed by atoms with Gasteiger partial charge in [0.1, 0.15) is 6.54 Å². The molecule has 36 heavy (non-hydrogen) atoms. The van der Waals surface area contributed by atoms with E-state index in [-0.39, 0.29) is 28.2 Å². The van der Waals surface area contributed by atoms with Gasteiger partial charge in [-0.1, -0.05) is 47.5 Å². The summed E-state index contributed by atoms with van der Waals surface area (Å²) in [6.07, 6.45) is 5.17. The van der Waals surface area contributed by atoms with E-state index in [0.717, 1.165) is 27.6 Å². The smallest absolute Gasteiger partial charge is 0.274 e. The molecule has 0 aromatic heterocycles. The summed E-state index contributed by atoms with van der Waals surface area (Å²) in [5, 5.41) is 2.34. The lowest BCUT2D eigenvalue weighted by atomic mass is 9.63. The van der Waals surface area contributed by atoms with Crippen LogP contribution in [0.3, 0.4) is 0 Å². The molecule has 2 saturated carbocycles. The van der Waals surface area contributed by atoms with Gasteiger partial charge in [-0.25, -0.2) is 5.01 Å². The molecule has 6 nitrogen and oxygen atoms in total. The summed E-state index contributed by atoms with van der Waals surface area (Å²) < 4.78 is 0. The molecule has 3 amide bonds. The van der Waals surface area contributed by atoms with Crippen LogP contribution in [-0.2, 0) is 9.59 Å². The Balaban J connectivity index is 1.38. The molecule has 0 unspecified atom stereocenters. The highest BCUT2D eigenvalue weighted by molar-refractivity contribution is 6.36. The van der Waals surface area contributed by atoms with Gasteiger partial charge in [0.25, 0.3) is 17.7 Å². The predicted octanol–water partition coefficient (Wildman–Crippen LogP) is 4.90. The van der Waals surface area contributed by atoms with Crippen molar-refractivity contribution in [3.05, 3.63) is 80.8 Å². The monoisotopic (exact) mass is 522 g/mol. The molecule has 0 spiro atoms. The third-order valence-corrected chi connectivity index (χ3v) is 8.95. The van der Waals surface area contributed by atoms with Gasteiger partial charge in [-0.2, -0.15) is 5.01 Å². The van der Waals surface area contributed by atoms with Gasteiger partial charge in [-0.15, -0.1) is 0 Å². The number of benzene rings is 2. The van der Waals surface area contributed by atoms with E-state index in [0.29, 0.717) is 22.4 Å². The fourth-order valence-electron chi connectivity index (χ4n) is 6.36. The first kappa shape index (κ1) is 23.4. The van der Waals surface area contributed by atoms with Crippen molar-refractivity contribution in [2.24, 2.45) is 35.5 Å². The molecule has 2 bridgehead atoms. The normalized spacial score (nSPS) is 29.3. The predicted molar refractivity (Wildman–Crippen MR) is 134 cm³/mol. The van der Waals surface area contributed by atoms with Crippen molar-refractivity contribution < 1.29 is 19.2 Å². The van der Waals surface area contributed by atoms with Crippen LogP contribution < -0.4 is 0 Å². The maximum Gasteiger partial charge on any atom is 0.274 e. The molecule has 0 radical (unpaired) electrons. The van der Waals surface area contributed by atoms with Gasteiger partial charge >= 0.3 is 0 Å². The summed E-state index contributed by atoms with van der Waals surface area (Å²) in [5.74, 6) is -2.06. The molecule has 7 rings (SSSR count). The molecule has 1 saturated heterocycles. The van der Waals surface area contributed by atoms with Crippen LogP contribution in [0.5, 0.6) is 0 Å². The highest BCUT2D eigenvalue weighted by Gasteiger charge is 2.68. The summed E-state index contributed by atoms with van der Waals surface area (Å²) in [6.45, 7) is 3.37. The van der Waals surface area contributed by atoms with E-state index in [1.54, 1.807) is 12.1 Å². The summed E-state index contributed by atoms with van der Waals surface area (Å²) in [6, 6.07) is 9.65. The largest absolute Gasteiger partial charge is 0.292 e. The molecular formula is C28H24Cl2N2O4. The van der Waals surface area contributed by atoms with Crippen LogP contribution in [0.4, 0.5) is 0 Å².